The number of nitrogens with one attached hydrogen (secondary N) is 1. The van der Waals surface area contributed by atoms with Crippen LogP contribution in [0.5, 0.6) is 5.75 Å². The Labute approximate surface area is 127 Å². The van der Waals surface area contributed by atoms with Crippen LogP contribution in [0.1, 0.15) is 10.4 Å². The van der Waals surface area contributed by atoms with Gasteiger partial charge >= 0.3 is 0 Å². The molecule has 0 fully saturated rings. The zero-order valence-electron chi connectivity index (χ0n) is 11.5. The molecule has 0 aliphatic rings. The predicted molar refractivity (Wildman–Crippen MR) is 86.8 cm³/mol. The van der Waals surface area contributed by atoms with E-state index in [1.165, 1.54) is 4.88 Å². The third kappa shape index (κ3) is 4.28. The van der Waals surface area contributed by atoms with E-state index >= 15 is 0 Å². The van der Waals surface area contributed by atoms with Crippen LogP contribution in [0.15, 0.2) is 35.7 Å². The summed E-state index contributed by atoms with van der Waals surface area (Å²) in [5.41, 5.74) is 1.82. The number of methoxy groups -OCH3 is 1. The molecule has 0 atom stereocenters. The van der Waals surface area contributed by atoms with Crippen molar-refractivity contribution in [2.45, 2.75) is 12.7 Å². The number of hydrogen-bond donors (Lipinski definition) is 1. The average molecular weight is 307 g/mol. The average Bonchev–Trinajstić information content (AvgIpc) is 2.92. The van der Waals surface area contributed by atoms with Crippen molar-refractivity contribution in [3.8, 4) is 5.75 Å². The zero-order chi connectivity index (χ0) is 14.4. The molecular weight excluding hydrogens is 290 g/mol. The summed E-state index contributed by atoms with van der Waals surface area (Å²) in [4.78, 5) is 13.2. The molecule has 1 N–H and O–H groups in total. The van der Waals surface area contributed by atoms with Crippen molar-refractivity contribution in [1.29, 1.82) is 0 Å². The van der Waals surface area contributed by atoms with Gasteiger partial charge in [-0.2, -0.15) is 0 Å². The highest BCUT2D eigenvalue weighted by molar-refractivity contribution is 7.99. The van der Waals surface area contributed by atoms with Gasteiger partial charge in [0.15, 0.2) is 0 Å². The maximum Gasteiger partial charge on any atom is 0.234 e. The molecule has 1 heterocycles. The molecule has 0 radical (unpaired) electrons. The van der Waals surface area contributed by atoms with E-state index in [1.54, 1.807) is 30.2 Å². The highest BCUT2D eigenvalue weighted by Gasteiger charge is 2.08. The topological polar surface area (TPSA) is 38.3 Å². The maximum atomic E-state index is 11.9. The third-order valence-electron chi connectivity index (χ3n) is 2.69. The Hall–Kier alpha value is -1.46. The second-order valence-electron chi connectivity index (χ2n) is 4.32. The lowest BCUT2D eigenvalue weighted by molar-refractivity contribution is -0.113. The van der Waals surface area contributed by atoms with Gasteiger partial charge in [-0.1, -0.05) is 12.1 Å². The van der Waals surface area contributed by atoms with Crippen molar-refractivity contribution >= 4 is 34.7 Å². The molecule has 5 heteroatoms. The molecule has 3 nitrogen and oxygen atoms in total. The quantitative estimate of drug-likeness (QED) is 0.878. The minimum atomic E-state index is -0.00421. The van der Waals surface area contributed by atoms with E-state index in [9.17, 15) is 4.79 Å². The monoisotopic (exact) mass is 307 g/mol. The number of benzene rings is 1. The number of thiophene rings is 1. The van der Waals surface area contributed by atoms with Crippen LogP contribution < -0.4 is 10.1 Å². The molecule has 0 aliphatic heterocycles. The van der Waals surface area contributed by atoms with Gasteiger partial charge in [-0.25, -0.2) is 0 Å². The van der Waals surface area contributed by atoms with Crippen molar-refractivity contribution in [2.24, 2.45) is 0 Å². The van der Waals surface area contributed by atoms with Gasteiger partial charge in [0.2, 0.25) is 5.91 Å². The molecule has 0 aliphatic carbocycles. The van der Waals surface area contributed by atoms with Crippen molar-refractivity contribution in [3.05, 3.63) is 46.2 Å². The van der Waals surface area contributed by atoms with Gasteiger partial charge in [-0.05, 0) is 36.1 Å². The van der Waals surface area contributed by atoms with E-state index in [0.717, 1.165) is 17.0 Å². The SMILES string of the molecule is COc1ccc(C)cc1NC(=O)CSCc1cccs1. The van der Waals surface area contributed by atoms with Gasteiger partial charge in [0, 0.05) is 10.6 Å². The van der Waals surface area contributed by atoms with Crippen molar-refractivity contribution < 1.29 is 9.53 Å². The van der Waals surface area contributed by atoms with E-state index in [2.05, 4.69) is 11.4 Å². The maximum absolute atomic E-state index is 11.9. The molecule has 0 saturated heterocycles. The molecule has 1 aromatic heterocycles. The lowest BCUT2D eigenvalue weighted by Crippen LogP contribution is -2.14. The standard InChI is InChI=1S/C15H17NO2S2/c1-11-5-6-14(18-2)13(8-11)16-15(17)10-19-9-12-4-3-7-20-12/h3-8H,9-10H2,1-2H3,(H,16,17). The number of amides is 1. The summed E-state index contributed by atoms with van der Waals surface area (Å²) in [7, 11) is 1.60. The molecule has 1 aromatic carbocycles. The molecule has 0 unspecified atom stereocenters. The first-order valence-corrected chi connectivity index (χ1v) is 8.27. The van der Waals surface area contributed by atoms with Gasteiger partial charge in [0.05, 0.1) is 18.6 Å². The van der Waals surface area contributed by atoms with E-state index in [0.29, 0.717) is 11.5 Å². The van der Waals surface area contributed by atoms with Crippen LogP contribution in [0.3, 0.4) is 0 Å². The molecule has 2 rings (SSSR count). The Bertz CT molecular complexity index is 567. The summed E-state index contributed by atoms with van der Waals surface area (Å²) in [6.07, 6.45) is 0. The zero-order valence-corrected chi connectivity index (χ0v) is 13.1. The van der Waals surface area contributed by atoms with Crippen LogP contribution >= 0.6 is 23.1 Å². The van der Waals surface area contributed by atoms with E-state index in [1.807, 2.05) is 36.6 Å². The van der Waals surface area contributed by atoms with Crippen LogP contribution in [-0.2, 0) is 10.5 Å². The van der Waals surface area contributed by atoms with Crippen LogP contribution in [0.25, 0.3) is 0 Å². The molecule has 0 bridgehead atoms. The van der Waals surface area contributed by atoms with Gasteiger partial charge in [0.25, 0.3) is 0 Å². The number of carbonyl (C=O) groups excluding carboxylic acids is 1. The predicted octanol–water partition coefficient (Wildman–Crippen LogP) is 3.94. The summed E-state index contributed by atoms with van der Waals surface area (Å²) >= 11 is 3.33. The van der Waals surface area contributed by atoms with Crippen molar-refractivity contribution in [1.82, 2.24) is 0 Å². The first-order chi connectivity index (χ1) is 9.69. The van der Waals surface area contributed by atoms with Gasteiger partial charge in [0.1, 0.15) is 5.75 Å². The minimum absolute atomic E-state index is 0.00421. The Balaban J connectivity index is 1.86. The van der Waals surface area contributed by atoms with Gasteiger partial charge in [-0.3, -0.25) is 4.79 Å². The second kappa shape index (κ2) is 7.36. The Morgan fingerprint density at radius 2 is 2.25 bits per heavy atom. The highest BCUT2D eigenvalue weighted by Crippen LogP contribution is 2.25. The summed E-state index contributed by atoms with van der Waals surface area (Å²) in [5.74, 6) is 1.99. The first-order valence-electron chi connectivity index (χ1n) is 6.23. The van der Waals surface area contributed by atoms with Crippen molar-refractivity contribution in [2.75, 3.05) is 18.2 Å². The Kier molecular flexibility index (Phi) is 5.49. The summed E-state index contributed by atoms with van der Waals surface area (Å²) in [6, 6.07) is 9.85. The fourth-order valence-corrected chi connectivity index (χ4v) is 3.41. The number of carbonyl (C=O) groups is 1. The fourth-order valence-electron chi connectivity index (χ4n) is 1.74. The number of anilines is 1. The van der Waals surface area contributed by atoms with Gasteiger partial charge < -0.3 is 10.1 Å². The lowest BCUT2D eigenvalue weighted by Gasteiger charge is -2.10. The molecule has 106 valence electrons. The second-order valence-corrected chi connectivity index (χ2v) is 6.34. The molecule has 0 spiro atoms. The largest absolute Gasteiger partial charge is 0.495 e. The van der Waals surface area contributed by atoms with Crippen molar-refractivity contribution in [3.63, 3.8) is 0 Å². The highest BCUT2D eigenvalue weighted by atomic mass is 32.2. The number of hydrogen-bond acceptors (Lipinski definition) is 4. The van der Waals surface area contributed by atoms with E-state index in [-0.39, 0.29) is 5.91 Å². The van der Waals surface area contributed by atoms with Crippen LogP contribution in [0, 0.1) is 6.92 Å². The fraction of sp³-hybridized carbons (Fsp3) is 0.267. The summed E-state index contributed by atoms with van der Waals surface area (Å²) < 4.78 is 5.24. The molecule has 20 heavy (non-hydrogen) atoms. The Morgan fingerprint density at radius 1 is 1.40 bits per heavy atom. The third-order valence-corrected chi connectivity index (χ3v) is 4.73. The van der Waals surface area contributed by atoms with E-state index < -0.39 is 0 Å². The molecular formula is C15H17NO2S2. The smallest absolute Gasteiger partial charge is 0.234 e. The number of rotatable bonds is 6. The lowest BCUT2D eigenvalue weighted by atomic mass is 10.2. The summed E-state index contributed by atoms with van der Waals surface area (Å²) in [5, 5.41) is 4.95. The van der Waals surface area contributed by atoms with Crippen LogP contribution in [0.4, 0.5) is 5.69 Å². The van der Waals surface area contributed by atoms with Crippen LogP contribution in [-0.4, -0.2) is 18.8 Å². The molecule has 2 aromatic rings. The first kappa shape index (κ1) is 14.9. The Morgan fingerprint density at radius 3 is 2.95 bits per heavy atom. The normalized spacial score (nSPS) is 10.3. The molecule has 1 amide bonds. The number of aryl methyl sites for hydroxylation is 1. The number of thioether (sulfide) groups is 1. The minimum Gasteiger partial charge on any atom is -0.495 e. The van der Waals surface area contributed by atoms with Crippen LogP contribution in [0.2, 0.25) is 0 Å². The number of ether oxygens (including phenoxy) is 1. The van der Waals surface area contributed by atoms with E-state index in [4.69, 9.17) is 4.74 Å². The van der Waals surface area contributed by atoms with Gasteiger partial charge in [-0.15, -0.1) is 23.1 Å². The summed E-state index contributed by atoms with van der Waals surface area (Å²) in [6.45, 7) is 1.99. The molecule has 0 saturated carbocycles.